The molecule has 0 N–H and O–H groups in total. The lowest BCUT2D eigenvalue weighted by Gasteiger charge is -2.31. The van der Waals surface area contributed by atoms with Gasteiger partial charge in [-0.15, -0.1) is 0 Å². The molecule has 0 aromatic heterocycles. The highest BCUT2D eigenvalue weighted by atomic mass is 16.8. The zero-order valence-corrected chi connectivity index (χ0v) is 13.0. The van der Waals surface area contributed by atoms with E-state index in [0.717, 1.165) is 5.56 Å². The molecule has 4 heteroatoms. The highest BCUT2D eigenvalue weighted by molar-refractivity contribution is 5.64. The normalized spacial score (nSPS) is 13.5. The standard InChI is InChI=1S/C18H20O4/c1-14(2)21-18(3,15-10-6-4-7-11-15)22-17(19)20-16-12-8-5-9-13-16/h4-14H,1-3H3. The molecular weight excluding hydrogens is 280 g/mol. The predicted octanol–water partition coefficient (Wildman–Crippen LogP) is 4.50. The Bertz CT molecular complexity index is 595. The van der Waals surface area contributed by atoms with E-state index in [9.17, 15) is 4.79 Å². The quantitative estimate of drug-likeness (QED) is 0.463. The molecule has 0 spiro atoms. The smallest absolute Gasteiger partial charge is 0.397 e. The van der Waals surface area contributed by atoms with E-state index in [0.29, 0.717) is 5.75 Å². The van der Waals surface area contributed by atoms with Gasteiger partial charge in [0, 0.05) is 12.5 Å². The van der Waals surface area contributed by atoms with Crippen LogP contribution in [0.4, 0.5) is 4.79 Å². The molecule has 0 radical (unpaired) electrons. The van der Waals surface area contributed by atoms with Crippen LogP contribution in [0.25, 0.3) is 0 Å². The maximum atomic E-state index is 12.1. The Balaban J connectivity index is 2.14. The predicted molar refractivity (Wildman–Crippen MR) is 83.6 cm³/mol. The van der Waals surface area contributed by atoms with Crippen molar-refractivity contribution in [3.8, 4) is 5.75 Å². The molecule has 2 aromatic carbocycles. The molecule has 0 heterocycles. The fraction of sp³-hybridized carbons (Fsp3) is 0.278. The summed E-state index contributed by atoms with van der Waals surface area (Å²) in [5.41, 5.74) is 0.744. The van der Waals surface area contributed by atoms with E-state index in [1.807, 2.05) is 50.2 Å². The molecule has 2 aromatic rings. The second-order valence-electron chi connectivity index (χ2n) is 5.25. The van der Waals surface area contributed by atoms with Gasteiger partial charge in [0.1, 0.15) is 5.75 Å². The summed E-state index contributed by atoms with van der Waals surface area (Å²) in [4.78, 5) is 12.1. The van der Waals surface area contributed by atoms with Crippen LogP contribution in [0.3, 0.4) is 0 Å². The molecule has 0 aliphatic rings. The second kappa shape index (κ2) is 7.09. The summed E-state index contributed by atoms with van der Waals surface area (Å²) in [6.07, 6.45) is -0.923. The summed E-state index contributed by atoms with van der Waals surface area (Å²) in [6, 6.07) is 18.1. The van der Waals surface area contributed by atoms with Crippen molar-refractivity contribution in [3.63, 3.8) is 0 Å². The third-order valence-electron chi connectivity index (χ3n) is 2.98. The number of carbonyl (C=O) groups is 1. The Morgan fingerprint density at radius 2 is 1.50 bits per heavy atom. The van der Waals surface area contributed by atoms with E-state index < -0.39 is 11.9 Å². The van der Waals surface area contributed by atoms with Crippen molar-refractivity contribution in [2.45, 2.75) is 32.7 Å². The van der Waals surface area contributed by atoms with Crippen LogP contribution in [0.2, 0.25) is 0 Å². The average molecular weight is 300 g/mol. The zero-order chi connectivity index (χ0) is 16.0. The number of rotatable bonds is 5. The van der Waals surface area contributed by atoms with Crippen molar-refractivity contribution in [1.82, 2.24) is 0 Å². The summed E-state index contributed by atoms with van der Waals surface area (Å²) < 4.78 is 16.4. The van der Waals surface area contributed by atoms with Crippen LogP contribution >= 0.6 is 0 Å². The number of hydrogen-bond donors (Lipinski definition) is 0. The van der Waals surface area contributed by atoms with Gasteiger partial charge in [-0.3, -0.25) is 0 Å². The summed E-state index contributed by atoms with van der Waals surface area (Å²) >= 11 is 0. The van der Waals surface area contributed by atoms with Gasteiger partial charge >= 0.3 is 6.16 Å². The molecule has 22 heavy (non-hydrogen) atoms. The molecule has 1 atom stereocenters. The number of para-hydroxylation sites is 1. The maximum Gasteiger partial charge on any atom is 0.516 e. The maximum absolute atomic E-state index is 12.1. The molecule has 0 fully saturated rings. The molecule has 116 valence electrons. The van der Waals surface area contributed by atoms with Gasteiger partial charge in [0.25, 0.3) is 0 Å². The minimum Gasteiger partial charge on any atom is -0.397 e. The molecule has 0 aliphatic heterocycles. The van der Waals surface area contributed by atoms with Crippen LogP contribution in [0.1, 0.15) is 26.3 Å². The third-order valence-corrected chi connectivity index (χ3v) is 2.98. The van der Waals surface area contributed by atoms with E-state index in [-0.39, 0.29) is 6.10 Å². The van der Waals surface area contributed by atoms with E-state index in [4.69, 9.17) is 14.2 Å². The Labute approximate surface area is 130 Å². The Kier molecular flexibility index (Phi) is 5.17. The summed E-state index contributed by atoms with van der Waals surface area (Å²) in [5.74, 6) is -0.783. The van der Waals surface area contributed by atoms with Gasteiger partial charge in [0.05, 0.1) is 6.10 Å². The van der Waals surface area contributed by atoms with Crippen LogP contribution < -0.4 is 4.74 Å². The third kappa shape index (κ3) is 4.33. The summed E-state index contributed by atoms with van der Waals surface area (Å²) in [6.45, 7) is 5.47. The van der Waals surface area contributed by atoms with E-state index in [1.54, 1.807) is 31.2 Å². The second-order valence-corrected chi connectivity index (χ2v) is 5.25. The number of ether oxygens (including phenoxy) is 3. The first-order valence-corrected chi connectivity index (χ1v) is 7.19. The molecule has 0 amide bonds. The van der Waals surface area contributed by atoms with E-state index >= 15 is 0 Å². The molecule has 2 rings (SSSR count). The molecule has 0 bridgehead atoms. The number of carbonyl (C=O) groups excluding carboxylic acids is 1. The fourth-order valence-electron chi connectivity index (χ4n) is 2.11. The summed E-state index contributed by atoms with van der Waals surface area (Å²) in [7, 11) is 0. The molecule has 0 saturated carbocycles. The molecular formula is C18H20O4. The van der Waals surface area contributed by atoms with Gasteiger partial charge in [0.15, 0.2) is 0 Å². The first kappa shape index (κ1) is 16.0. The SMILES string of the molecule is CC(C)OC(C)(OC(=O)Oc1ccccc1)c1ccccc1. The average Bonchev–Trinajstić information content (AvgIpc) is 2.48. The topological polar surface area (TPSA) is 44.8 Å². The number of benzene rings is 2. The Hall–Kier alpha value is -2.33. The van der Waals surface area contributed by atoms with E-state index in [1.165, 1.54) is 0 Å². The molecule has 0 aliphatic carbocycles. The van der Waals surface area contributed by atoms with Crippen LogP contribution in [0.15, 0.2) is 60.7 Å². The van der Waals surface area contributed by atoms with Crippen molar-refractivity contribution < 1.29 is 19.0 Å². The van der Waals surface area contributed by atoms with E-state index in [2.05, 4.69) is 0 Å². The Morgan fingerprint density at radius 3 is 2.05 bits per heavy atom. The van der Waals surface area contributed by atoms with Gasteiger partial charge in [0.2, 0.25) is 5.79 Å². The van der Waals surface area contributed by atoms with Crippen molar-refractivity contribution in [3.05, 3.63) is 66.2 Å². The molecule has 0 saturated heterocycles. The molecule has 1 unspecified atom stereocenters. The van der Waals surface area contributed by atoms with Gasteiger partial charge < -0.3 is 14.2 Å². The van der Waals surface area contributed by atoms with Crippen LogP contribution in [-0.2, 0) is 15.3 Å². The van der Waals surface area contributed by atoms with Crippen molar-refractivity contribution in [2.24, 2.45) is 0 Å². The number of hydrogen-bond acceptors (Lipinski definition) is 4. The molecule has 4 nitrogen and oxygen atoms in total. The summed E-state index contributed by atoms with van der Waals surface area (Å²) in [5, 5.41) is 0. The van der Waals surface area contributed by atoms with Gasteiger partial charge in [-0.1, -0.05) is 48.5 Å². The van der Waals surface area contributed by atoms with Crippen molar-refractivity contribution in [1.29, 1.82) is 0 Å². The van der Waals surface area contributed by atoms with Gasteiger partial charge in [-0.05, 0) is 26.0 Å². The zero-order valence-electron chi connectivity index (χ0n) is 13.0. The van der Waals surface area contributed by atoms with Gasteiger partial charge in [-0.2, -0.15) is 0 Å². The highest BCUT2D eigenvalue weighted by Gasteiger charge is 2.34. The first-order chi connectivity index (χ1) is 10.5. The Morgan fingerprint density at radius 1 is 0.955 bits per heavy atom. The fourth-order valence-corrected chi connectivity index (χ4v) is 2.11. The lowest BCUT2D eigenvalue weighted by Crippen LogP contribution is -2.35. The van der Waals surface area contributed by atoms with Crippen LogP contribution in [0, 0.1) is 0 Å². The lowest BCUT2D eigenvalue weighted by molar-refractivity contribution is -0.224. The minimum atomic E-state index is -1.21. The van der Waals surface area contributed by atoms with Crippen LogP contribution in [0.5, 0.6) is 5.75 Å². The van der Waals surface area contributed by atoms with Crippen molar-refractivity contribution >= 4 is 6.16 Å². The monoisotopic (exact) mass is 300 g/mol. The van der Waals surface area contributed by atoms with Crippen LogP contribution in [-0.4, -0.2) is 12.3 Å². The first-order valence-electron chi connectivity index (χ1n) is 7.19. The minimum absolute atomic E-state index is 0.116. The van der Waals surface area contributed by atoms with Gasteiger partial charge in [-0.25, -0.2) is 4.79 Å². The largest absolute Gasteiger partial charge is 0.516 e. The van der Waals surface area contributed by atoms with Crippen molar-refractivity contribution in [2.75, 3.05) is 0 Å². The highest BCUT2D eigenvalue weighted by Crippen LogP contribution is 2.29. The lowest BCUT2D eigenvalue weighted by atomic mass is 10.1.